The number of ether oxygens (including phenoxy) is 1. The lowest BCUT2D eigenvalue weighted by molar-refractivity contribution is 0.296. The second kappa shape index (κ2) is 7.88. The highest BCUT2D eigenvalue weighted by molar-refractivity contribution is 7.98. The van der Waals surface area contributed by atoms with Gasteiger partial charge in [0.1, 0.15) is 18.2 Å². The molecule has 1 N–H and O–H groups in total. The molecule has 0 aliphatic heterocycles. The first kappa shape index (κ1) is 17.1. The van der Waals surface area contributed by atoms with Gasteiger partial charge >= 0.3 is 0 Å². The lowest BCUT2D eigenvalue weighted by Gasteiger charge is -2.03. The molecule has 2 aromatic carbocycles. The van der Waals surface area contributed by atoms with Gasteiger partial charge in [-0.2, -0.15) is 0 Å². The Morgan fingerprint density at radius 3 is 2.67 bits per heavy atom. The summed E-state index contributed by atoms with van der Waals surface area (Å²) < 4.78 is 19.3. The van der Waals surface area contributed by atoms with Crippen molar-refractivity contribution in [2.45, 2.75) is 17.5 Å². The van der Waals surface area contributed by atoms with Gasteiger partial charge in [-0.1, -0.05) is 41.0 Å². The van der Waals surface area contributed by atoms with Crippen molar-refractivity contribution >= 4 is 35.0 Å². The topological polar surface area (TPSA) is 50.8 Å². The van der Waals surface area contributed by atoms with Gasteiger partial charge in [0.05, 0.1) is 0 Å². The average molecular weight is 384 g/mol. The average Bonchev–Trinajstić information content (AvgIpc) is 3.02. The maximum absolute atomic E-state index is 13.7. The van der Waals surface area contributed by atoms with Crippen LogP contribution in [0.1, 0.15) is 11.4 Å². The van der Waals surface area contributed by atoms with Gasteiger partial charge in [-0.3, -0.25) is 5.10 Å². The molecular weight excluding hydrogens is 372 g/mol. The molecule has 0 unspecified atom stereocenters. The highest BCUT2D eigenvalue weighted by atomic mass is 35.5. The molecule has 0 fully saturated rings. The smallest absolute Gasteiger partial charge is 0.208 e. The first-order valence-electron chi connectivity index (χ1n) is 6.97. The zero-order valence-electron chi connectivity index (χ0n) is 12.3. The quantitative estimate of drug-likeness (QED) is 0.600. The van der Waals surface area contributed by atoms with Crippen LogP contribution in [0.25, 0.3) is 0 Å². The van der Waals surface area contributed by atoms with Crippen LogP contribution >= 0.6 is 35.0 Å². The minimum absolute atomic E-state index is 0.246. The van der Waals surface area contributed by atoms with Crippen LogP contribution in [0.15, 0.2) is 47.6 Å². The largest absolute Gasteiger partial charge is 0.486 e. The summed E-state index contributed by atoms with van der Waals surface area (Å²) in [6, 6.07) is 11.6. The molecule has 0 atom stereocenters. The van der Waals surface area contributed by atoms with Crippen molar-refractivity contribution in [1.29, 1.82) is 0 Å². The molecule has 0 spiro atoms. The lowest BCUT2D eigenvalue weighted by atomic mass is 10.2. The number of hydrogen-bond donors (Lipinski definition) is 1. The van der Waals surface area contributed by atoms with E-state index in [1.54, 1.807) is 36.4 Å². The van der Waals surface area contributed by atoms with Crippen molar-refractivity contribution in [1.82, 2.24) is 15.2 Å². The third-order valence-corrected chi connectivity index (χ3v) is 4.59. The van der Waals surface area contributed by atoms with Crippen molar-refractivity contribution in [3.63, 3.8) is 0 Å². The van der Waals surface area contributed by atoms with Gasteiger partial charge in [0.25, 0.3) is 0 Å². The Bertz CT molecular complexity index is 806. The van der Waals surface area contributed by atoms with Crippen LogP contribution in [0.4, 0.5) is 4.39 Å². The molecule has 3 rings (SSSR count). The second-order valence-electron chi connectivity index (χ2n) is 4.80. The molecule has 0 saturated heterocycles. The number of aromatic nitrogens is 3. The van der Waals surface area contributed by atoms with E-state index in [4.69, 9.17) is 27.9 Å². The van der Waals surface area contributed by atoms with Crippen LogP contribution in [-0.2, 0) is 12.4 Å². The molecule has 1 aromatic heterocycles. The van der Waals surface area contributed by atoms with Crippen molar-refractivity contribution < 1.29 is 9.13 Å². The van der Waals surface area contributed by atoms with E-state index in [0.717, 1.165) is 0 Å². The maximum Gasteiger partial charge on any atom is 0.208 e. The molecule has 8 heteroatoms. The number of H-pyrrole nitrogens is 1. The summed E-state index contributed by atoms with van der Waals surface area (Å²) >= 11 is 13.1. The van der Waals surface area contributed by atoms with Crippen LogP contribution in [0, 0.1) is 5.82 Å². The van der Waals surface area contributed by atoms with Gasteiger partial charge in [0.2, 0.25) is 5.16 Å². The molecule has 0 saturated carbocycles. The summed E-state index contributed by atoms with van der Waals surface area (Å²) in [7, 11) is 0. The van der Waals surface area contributed by atoms with Crippen LogP contribution in [0.3, 0.4) is 0 Å². The molecule has 1 heterocycles. The number of hydrogen-bond acceptors (Lipinski definition) is 4. The predicted molar refractivity (Wildman–Crippen MR) is 93.1 cm³/mol. The van der Waals surface area contributed by atoms with Gasteiger partial charge in [-0.25, -0.2) is 9.37 Å². The van der Waals surface area contributed by atoms with E-state index in [9.17, 15) is 4.39 Å². The van der Waals surface area contributed by atoms with Crippen molar-refractivity contribution in [2.75, 3.05) is 0 Å². The molecule has 4 nitrogen and oxygen atoms in total. The number of halogens is 3. The molecule has 0 bridgehead atoms. The normalized spacial score (nSPS) is 10.8. The third-order valence-electron chi connectivity index (χ3n) is 3.11. The van der Waals surface area contributed by atoms with E-state index in [0.29, 0.717) is 38.1 Å². The van der Waals surface area contributed by atoms with Crippen molar-refractivity contribution in [3.8, 4) is 5.75 Å². The van der Waals surface area contributed by atoms with Gasteiger partial charge in [0.15, 0.2) is 5.82 Å². The molecule has 124 valence electrons. The lowest BCUT2D eigenvalue weighted by Crippen LogP contribution is -1.97. The van der Waals surface area contributed by atoms with Crippen molar-refractivity contribution in [2.24, 2.45) is 0 Å². The second-order valence-corrected chi connectivity index (χ2v) is 6.58. The highest BCUT2D eigenvalue weighted by Crippen LogP contribution is 2.26. The minimum Gasteiger partial charge on any atom is -0.486 e. The zero-order chi connectivity index (χ0) is 16.9. The Balaban J connectivity index is 1.56. The SMILES string of the molecule is Fc1cccc(Cl)c1CSc1n[nH]c(COc2ccc(Cl)cc2)n1. The van der Waals surface area contributed by atoms with Crippen LogP contribution < -0.4 is 4.74 Å². The van der Waals surface area contributed by atoms with E-state index in [-0.39, 0.29) is 12.4 Å². The van der Waals surface area contributed by atoms with Crippen LogP contribution in [-0.4, -0.2) is 15.2 Å². The number of aromatic amines is 1. The molecule has 3 aromatic rings. The summed E-state index contributed by atoms with van der Waals surface area (Å²) in [5, 5.41) is 8.41. The highest BCUT2D eigenvalue weighted by Gasteiger charge is 2.10. The number of benzene rings is 2. The number of nitrogens with one attached hydrogen (secondary N) is 1. The van der Waals surface area contributed by atoms with Gasteiger partial charge in [0, 0.05) is 21.4 Å². The van der Waals surface area contributed by atoms with E-state index in [1.807, 2.05) is 0 Å². The zero-order valence-corrected chi connectivity index (χ0v) is 14.6. The predicted octanol–water partition coefficient (Wildman–Crippen LogP) is 5.12. The van der Waals surface area contributed by atoms with E-state index >= 15 is 0 Å². The number of rotatable bonds is 6. The van der Waals surface area contributed by atoms with Crippen LogP contribution in [0.5, 0.6) is 5.75 Å². The Hall–Kier alpha value is -1.76. The summed E-state index contributed by atoms with van der Waals surface area (Å²) in [5.41, 5.74) is 0.438. The first-order valence-corrected chi connectivity index (χ1v) is 8.71. The Kier molecular flexibility index (Phi) is 5.60. The fourth-order valence-electron chi connectivity index (χ4n) is 1.90. The Labute approximate surface area is 152 Å². The third kappa shape index (κ3) is 4.41. The van der Waals surface area contributed by atoms with Crippen LogP contribution in [0.2, 0.25) is 10.0 Å². The molecule has 24 heavy (non-hydrogen) atoms. The van der Waals surface area contributed by atoms with Gasteiger partial charge < -0.3 is 4.74 Å². The summed E-state index contributed by atoms with van der Waals surface area (Å²) in [6.07, 6.45) is 0. The standard InChI is InChI=1S/C16H12Cl2FN3OS/c17-10-4-6-11(7-5-10)23-8-15-20-16(22-21-15)24-9-12-13(18)2-1-3-14(12)19/h1-7H,8-9H2,(H,20,21,22). The summed E-state index contributed by atoms with van der Waals surface area (Å²) in [6.45, 7) is 0.246. The molecule has 0 amide bonds. The monoisotopic (exact) mass is 383 g/mol. The Morgan fingerprint density at radius 1 is 1.12 bits per heavy atom. The number of thioether (sulfide) groups is 1. The molecule has 0 radical (unpaired) electrons. The van der Waals surface area contributed by atoms with Gasteiger partial charge in [-0.15, -0.1) is 5.10 Å². The molecular formula is C16H12Cl2FN3OS. The fraction of sp³-hybridized carbons (Fsp3) is 0.125. The molecule has 0 aliphatic rings. The minimum atomic E-state index is -0.336. The molecule has 0 aliphatic carbocycles. The van der Waals surface area contributed by atoms with E-state index in [2.05, 4.69) is 15.2 Å². The van der Waals surface area contributed by atoms with E-state index < -0.39 is 0 Å². The fourth-order valence-corrected chi connectivity index (χ4v) is 3.18. The first-order chi connectivity index (χ1) is 11.6. The van der Waals surface area contributed by atoms with Crippen molar-refractivity contribution in [3.05, 3.63) is 69.7 Å². The maximum atomic E-state index is 13.7. The number of nitrogens with zero attached hydrogens (tertiary/aromatic N) is 2. The Morgan fingerprint density at radius 2 is 1.92 bits per heavy atom. The summed E-state index contributed by atoms with van der Waals surface area (Å²) in [4.78, 5) is 4.30. The summed E-state index contributed by atoms with van der Waals surface area (Å²) in [5.74, 6) is 1.27. The van der Waals surface area contributed by atoms with Gasteiger partial charge in [-0.05, 0) is 36.4 Å². The van der Waals surface area contributed by atoms with E-state index in [1.165, 1.54) is 17.8 Å².